The van der Waals surface area contributed by atoms with Gasteiger partial charge in [0.1, 0.15) is 0 Å². The number of aryl methyl sites for hydroxylation is 1. The highest BCUT2D eigenvalue weighted by Gasteiger charge is 2.07. The molecule has 0 aliphatic carbocycles. The van der Waals surface area contributed by atoms with Gasteiger partial charge in [0.15, 0.2) is 11.5 Å². The van der Waals surface area contributed by atoms with E-state index >= 15 is 0 Å². The smallest absolute Gasteiger partial charge is 0.162 e. The monoisotopic (exact) mass is 277 g/mol. The van der Waals surface area contributed by atoms with Crippen LogP contribution in [0.2, 0.25) is 5.02 Å². The number of nitrogens with one attached hydrogen (secondary N) is 1. The van der Waals surface area contributed by atoms with Crippen molar-refractivity contribution in [2.45, 2.75) is 13.5 Å². The van der Waals surface area contributed by atoms with Crippen LogP contribution in [0.4, 0.5) is 5.69 Å². The molecule has 3 nitrogen and oxygen atoms in total. The van der Waals surface area contributed by atoms with Crippen LogP contribution in [-0.4, -0.2) is 12.2 Å². The number of halogens is 1. The molecule has 0 amide bonds. The summed E-state index contributed by atoms with van der Waals surface area (Å²) in [4.78, 5) is 0. The minimum Gasteiger partial charge on any atom is -0.504 e. The van der Waals surface area contributed by atoms with E-state index in [1.165, 1.54) is 7.11 Å². The topological polar surface area (TPSA) is 41.5 Å². The Balaban J connectivity index is 2.14. The molecule has 0 fully saturated rings. The average Bonchev–Trinajstić information content (AvgIpc) is 2.39. The second kappa shape index (κ2) is 5.85. The average molecular weight is 278 g/mol. The van der Waals surface area contributed by atoms with Crippen molar-refractivity contribution >= 4 is 17.3 Å². The van der Waals surface area contributed by atoms with Crippen LogP contribution >= 0.6 is 11.6 Å². The highest BCUT2D eigenvalue weighted by Crippen LogP contribution is 2.30. The number of hydrogen-bond donors (Lipinski definition) is 2. The molecular formula is C15H16ClNO2. The highest BCUT2D eigenvalue weighted by atomic mass is 35.5. The largest absolute Gasteiger partial charge is 0.504 e. The molecule has 0 atom stereocenters. The van der Waals surface area contributed by atoms with Crippen molar-refractivity contribution in [3.63, 3.8) is 0 Å². The van der Waals surface area contributed by atoms with E-state index in [-0.39, 0.29) is 5.75 Å². The van der Waals surface area contributed by atoms with Crippen molar-refractivity contribution in [2.75, 3.05) is 12.4 Å². The fourth-order valence-electron chi connectivity index (χ4n) is 1.83. The number of phenols is 1. The lowest BCUT2D eigenvalue weighted by Gasteiger charge is -2.12. The molecule has 0 unspecified atom stereocenters. The van der Waals surface area contributed by atoms with E-state index in [9.17, 15) is 5.11 Å². The van der Waals surface area contributed by atoms with Crippen LogP contribution in [0.25, 0.3) is 0 Å². The molecule has 0 heterocycles. The number of ether oxygens (including phenoxy) is 1. The number of para-hydroxylation sites is 1. The molecule has 0 aliphatic rings. The van der Waals surface area contributed by atoms with Crippen molar-refractivity contribution in [2.24, 2.45) is 0 Å². The normalized spacial score (nSPS) is 10.3. The van der Waals surface area contributed by atoms with Gasteiger partial charge in [0.05, 0.1) is 17.8 Å². The maximum atomic E-state index is 9.98. The summed E-state index contributed by atoms with van der Waals surface area (Å²) in [6, 6.07) is 11.2. The van der Waals surface area contributed by atoms with Gasteiger partial charge in [-0.25, -0.2) is 0 Å². The number of rotatable bonds is 4. The number of benzene rings is 2. The first kappa shape index (κ1) is 13.6. The van der Waals surface area contributed by atoms with E-state index in [4.69, 9.17) is 16.3 Å². The van der Waals surface area contributed by atoms with E-state index in [2.05, 4.69) is 5.32 Å². The summed E-state index contributed by atoms with van der Waals surface area (Å²) in [7, 11) is 1.53. The van der Waals surface area contributed by atoms with E-state index in [1.807, 2.05) is 37.3 Å². The van der Waals surface area contributed by atoms with Gasteiger partial charge in [-0.2, -0.15) is 0 Å². The summed E-state index contributed by atoms with van der Waals surface area (Å²) in [5.41, 5.74) is 2.71. The first-order valence-corrected chi connectivity index (χ1v) is 6.34. The van der Waals surface area contributed by atoms with E-state index in [1.54, 1.807) is 6.07 Å². The third-order valence-electron chi connectivity index (χ3n) is 2.90. The Hall–Kier alpha value is -1.87. The molecule has 4 heteroatoms. The Labute approximate surface area is 117 Å². The molecule has 0 saturated heterocycles. The maximum absolute atomic E-state index is 9.98. The fourth-order valence-corrected chi connectivity index (χ4v) is 2.13. The number of aromatic hydroxyl groups is 1. The quantitative estimate of drug-likeness (QED) is 0.888. The van der Waals surface area contributed by atoms with Gasteiger partial charge in [0.25, 0.3) is 0 Å². The van der Waals surface area contributed by atoms with Gasteiger partial charge in [-0.15, -0.1) is 0 Å². The maximum Gasteiger partial charge on any atom is 0.162 e. The van der Waals surface area contributed by atoms with Gasteiger partial charge in [-0.05, 0) is 30.7 Å². The molecule has 2 rings (SSSR count). The highest BCUT2D eigenvalue weighted by molar-refractivity contribution is 6.33. The van der Waals surface area contributed by atoms with Gasteiger partial charge < -0.3 is 15.2 Å². The number of anilines is 1. The van der Waals surface area contributed by atoms with Crippen molar-refractivity contribution in [1.82, 2.24) is 0 Å². The van der Waals surface area contributed by atoms with Crippen molar-refractivity contribution in [1.29, 1.82) is 0 Å². The van der Waals surface area contributed by atoms with Gasteiger partial charge in [-0.3, -0.25) is 0 Å². The van der Waals surface area contributed by atoms with Crippen LogP contribution in [0.1, 0.15) is 11.1 Å². The SMILES string of the molecule is COc1cccc(CNc2ccc(C)cc2Cl)c1O. The third kappa shape index (κ3) is 3.12. The Bertz CT molecular complexity index is 584. The molecule has 0 bridgehead atoms. The lowest BCUT2D eigenvalue weighted by molar-refractivity contribution is 0.371. The Morgan fingerprint density at radius 3 is 2.74 bits per heavy atom. The molecule has 0 saturated carbocycles. The first-order valence-electron chi connectivity index (χ1n) is 5.96. The minimum atomic E-state index is 0.153. The molecule has 2 N–H and O–H groups in total. The molecule has 0 spiro atoms. The summed E-state index contributed by atoms with van der Waals surface area (Å²) in [6.45, 7) is 2.47. The minimum absolute atomic E-state index is 0.153. The number of hydrogen-bond acceptors (Lipinski definition) is 3. The van der Waals surface area contributed by atoms with Crippen LogP contribution in [0.15, 0.2) is 36.4 Å². The Morgan fingerprint density at radius 1 is 1.26 bits per heavy atom. The summed E-state index contributed by atoms with van der Waals surface area (Å²) in [5, 5.41) is 13.9. The number of phenolic OH excluding ortho intramolecular Hbond substituents is 1. The van der Waals surface area contributed by atoms with E-state index < -0.39 is 0 Å². The summed E-state index contributed by atoms with van der Waals surface area (Å²) < 4.78 is 5.07. The van der Waals surface area contributed by atoms with E-state index in [0.717, 1.165) is 16.8 Å². The summed E-state index contributed by atoms with van der Waals surface area (Å²) >= 11 is 6.14. The zero-order valence-corrected chi connectivity index (χ0v) is 11.7. The lowest BCUT2D eigenvalue weighted by atomic mass is 10.1. The van der Waals surface area contributed by atoms with Gasteiger partial charge in [0.2, 0.25) is 0 Å². The molecule has 0 radical (unpaired) electrons. The van der Waals surface area contributed by atoms with Gasteiger partial charge in [0, 0.05) is 12.1 Å². The van der Waals surface area contributed by atoms with Crippen LogP contribution in [0, 0.1) is 6.92 Å². The summed E-state index contributed by atoms with van der Waals surface area (Å²) in [6.07, 6.45) is 0. The van der Waals surface area contributed by atoms with Crippen LogP contribution in [0.3, 0.4) is 0 Å². The molecular weight excluding hydrogens is 262 g/mol. The van der Waals surface area contributed by atoms with Gasteiger partial charge in [-0.1, -0.05) is 29.8 Å². The first-order chi connectivity index (χ1) is 9.11. The summed E-state index contributed by atoms with van der Waals surface area (Å²) in [5.74, 6) is 0.620. The predicted octanol–water partition coefficient (Wildman–Crippen LogP) is 3.97. The zero-order valence-electron chi connectivity index (χ0n) is 10.9. The molecule has 2 aromatic carbocycles. The van der Waals surface area contributed by atoms with Crippen LogP contribution in [-0.2, 0) is 6.54 Å². The predicted molar refractivity (Wildman–Crippen MR) is 78.2 cm³/mol. The standard InChI is InChI=1S/C15H16ClNO2/c1-10-6-7-13(12(16)8-10)17-9-11-4-3-5-14(19-2)15(11)18/h3-8,17-18H,9H2,1-2H3. The lowest BCUT2D eigenvalue weighted by Crippen LogP contribution is -2.01. The molecule has 100 valence electrons. The second-order valence-corrected chi connectivity index (χ2v) is 4.71. The third-order valence-corrected chi connectivity index (χ3v) is 3.21. The molecule has 19 heavy (non-hydrogen) atoms. The fraction of sp³-hybridized carbons (Fsp3) is 0.200. The van der Waals surface area contributed by atoms with Crippen molar-refractivity contribution < 1.29 is 9.84 Å². The molecule has 0 aliphatic heterocycles. The van der Waals surface area contributed by atoms with Crippen LogP contribution in [0.5, 0.6) is 11.5 Å². The second-order valence-electron chi connectivity index (χ2n) is 4.30. The van der Waals surface area contributed by atoms with Gasteiger partial charge >= 0.3 is 0 Å². The Morgan fingerprint density at radius 2 is 2.05 bits per heavy atom. The molecule has 0 aromatic heterocycles. The Kier molecular flexibility index (Phi) is 4.17. The zero-order chi connectivity index (χ0) is 13.8. The number of methoxy groups -OCH3 is 1. The van der Waals surface area contributed by atoms with Crippen molar-refractivity contribution in [3.8, 4) is 11.5 Å². The van der Waals surface area contributed by atoms with Crippen LogP contribution < -0.4 is 10.1 Å². The van der Waals surface area contributed by atoms with E-state index in [0.29, 0.717) is 17.3 Å². The van der Waals surface area contributed by atoms with Crippen molar-refractivity contribution in [3.05, 3.63) is 52.5 Å². The molecule has 2 aromatic rings.